The maximum absolute atomic E-state index is 13.1. The normalized spacial score (nSPS) is 17.8. The zero-order valence-electron chi connectivity index (χ0n) is 19.5. The van der Waals surface area contributed by atoms with Crippen molar-refractivity contribution in [1.29, 1.82) is 0 Å². The van der Waals surface area contributed by atoms with Crippen LogP contribution in [0.1, 0.15) is 31.0 Å². The van der Waals surface area contributed by atoms with E-state index in [0.717, 1.165) is 0 Å². The molecular weight excluding hydrogens is 444 g/mol. The Kier molecular flexibility index (Phi) is 7.66. The van der Waals surface area contributed by atoms with Gasteiger partial charge < -0.3 is 24.4 Å². The van der Waals surface area contributed by atoms with Crippen LogP contribution in [0.5, 0.6) is 11.5 Å². The number of likely N-dealkylation sites (N-methyl/N-ethyl adjacent to an activating group) is 1. The fraction of sp³-hybridized carbons (Fsp3) is 0.360. The lowest BCUT2D eigenvalue weighted by molar-refractivity contribution is -0.140. The number of hydrogen-bond acceptors (Lipinski definition) is 6. The number of aliphatic hydroxyl groups excluding tert-OH is 1. The molecule has 8 heteroatoms. The number of ether oxygens (including phenoxy) is 2. The molecule has 0 spiro atoms. The number of likely N-dealkylation sites (tertiary alicyclic amines) is 1. The summed E-state index contributed by atoms with van der Waals surface area (Å²) in [5, 5.41) is 11.6. The van der Waals surface area contributed by atoms with Crippen LogP contribution < -0.4 is 9.47 Å². The number of benzene rings is 2. The van der Waals surface area contributed by atoms with Crippen LogP contribution in [0.4, 0.5) is 0 Å². The largest absolute Gasteiger partial charge is 0.507 e. The summed E-state index contributed by atoms with van der Waals surface area (Å²) >= 11 is 6.12. The number of halogens is 1. The summed E-state index contributed by atoms with van der Waals surface area (Å²) in [6, 6.07) is 11.2. The van der Waals surface area contributed by atoms with Crippen molar-refractivity contribution in [2.24, 2.45) is 0 Å². The van der Waals surface area contributed by atoms with E-state index in [2.05, 4.69) is 0 Å². The van der Waals surface area contributed by atoms with E-state index in [1.165, 1.54) is 12.0 Å². The van der Waals surface area contributed by atoms with Gasteiger partial charge in [0, 0.05) is 18.7 Å². The minimum Gasteiger partial charge on any atom is -0.507 e. The Morgan fingerprint density at radius 1 is 1.18 bits per heavy atom. The van der Waals surface area contributed by atoms with Gasteiger partial charge >= 0.3 is 0 Å². The Morgan fingerprint density at radius 3 is 2.55 bits per heavy atom. The molecule has 0 aromatic heterocycles. The summed E-state index contributed by atoms with van der Waals surface area (Å²) in [6.07, 6.45) is -0.0399. The Bertz CT molecular complexity index is 1080. The van der Waals surface area contributed by atoms with E-state index in [1.54, 1.807) is 24.3 Å². The van der Waals surface area contributed by atoms with E-state index in [0.29, 0.717) is 40.7 Å². The third-order valence-electron chi connectivity index (χ3n) is 5.30. The molecule has 33 heavy (non-hydrogen) atoms. The summed E-state index contributed by atoms with van der Waals surface area (Å²) in [5.41, 5.74) is 1.03. The molecule has 1 N–H and O–H groups in total. The minimum atomic E-state index is -0.762. The molecule has 7 nitrogen and oxygen atoms in total. The first-order valence-corrected chi connectivity index (χ1v) is 11.1. The Labute approximate surface area is 199 Å². The summed E-state index contributed by atoms with van der Waals surface area (Å²) in [7, 11) is 5.25. The zero-order chi connectivity index (χ0) is 24.3. The van der Waals surface area contributed by atoms with E-state index >= 15 is 0 Å². The Morgan fingerprint density at radius 2 is 1.91 bits per heavy atom. The van der Waals surface area contributed by atoms with Gasteiger partial charge in [0.15, 0.2) is 0 Å². The van der Waals surface area contributed by atoms with Crippen molar-refractivity contribution in [2.75, 3.05) is 34.3 Å². The fourth-order valence-electron chi connectivity index (χ4n) is 3.76. The molecule has 176 valence electrons. The van der Waals surface area contributed by atoms with Gasteiger partial charge in [-0.25, -0.2) is 0 Å². The van der Waals surface area contributed by atoms with Gasteiger partial charge in [-0.1, -0.05) is 23.7 Å². The molecule has 2 aromatic rings. The van der Waals surface area contributed by atoms with Crippen LogP contribution in [0.15, 0.2) is 48.0 Å². The van der Waals surface area contributed by atoms with Gasteiger partial charge in [-0.3, -0.25) is 9.59 Å². The quantitative estimate of drug-likeness (QED) is 0.353. The number of carbonyl (C=O) groups is 2. The predicted octanol–water partition coefficient (Wildman–Crippen LogP) is 4.12. The van der Waals surface area contributed by atoms with Gasteiger partial charge in [-0.05, 0) is 63.8 Å². The number of carbonyl (C=O) groups excluding carboxylic acids is 2. The van der Waals surface area contributed by atoms with E-state index in [1.807, 2.05) is 51.0 Å². The summed E-state index contributed by atoms with van der Waals surface area (Å²) in [5.74, 6) is -0.698. The molecule has 1 fully saturated rings. The molecule has 2 aromatic carbocycles. The topological polar surface area (TPSA) is 79.3 Å². The van der Waals surface area contributed by atoms with E-state index < -0.39 is 17.7 Å². The first-order valence-electron chi connectivity index (χ1n) is 10.7. The number of hydrogen-bond donors (Lipinski definition) is 1. The average Bonchev–Trinajstić information content (AvgIpc) is 3.02. The molecule has 1 aliphatic rings. The second-order valence-electron chi connectivity index (χ2n) is 8.38. The standard InChI is InChI=1S/C25H29ClN2O5/c1-15(2)33-18-8-6-7-16(13-18)22-21(24(30)25(31)28(22)12-11-27(3)4)23(29)17-9-10-19(26)20(14-17)32-5/h6-10,13-15,22,29H,11-12H2,1-5H3/b23-21-. The van der Waals surface area contributed by atoms with Crippen molar-refractivity contribution in [3.63, 3.8) is 0 Å². The maximum Gasteiger partial charge on any atom is 0.295 e. The third kappa shape index (κ3) is 5.31. The van der Waals surface area contributed by atoms with Crippen LogP contribution in [0.2, 0.25) is 5.02 Å². The molecule has 0 bridgehead atoms. The highest BCUT2D eigenvalue weighted by Crippen LogP contribution is 2.41. The lowest BCUT2D eigenvalue weighted by atomic mass is 9.95. The van der Waals surface area contributed by atoms with Crippen molar-refractivity contribution in [3.8, 4) is 11.5 Å². The maximum atomic E-state index is 13.1. The average molecular weight is 473 g/mol. The van der Waals surface area contributed by atoms with Gasteiger partial charge in [0.25, 0.3) is 11.7 Å². The molecule has 1 unspecified atom stereocenters. The number of rotatable bonds is 8. The highest BCUT2D eigenvalue weighted by molar-refractivity contribution is 6.46. The van der Waals surface area contributed by atoms with E-state index in [-0.39, 0.29) is 17.4 Å². The van der Waals surface area contributed by atoms with Crippen molar-refractivity contribution < 1.29 is 24.2 Å². The van der Waals surface area contributed by atoms with Gasteiger partial charge in [-0.15, -0.1) is 0 Å². The third-order valence-corrected chi connectivity index (χ3v) is 5.61. The molecule has 1 aliphatic heterocycles. The molecule has 1 heterocycles. The Balaban J connectivity index is 2.17. The number of amides is 1. The molecule has 0 saturated carbocycles. The van der Waals surface area contributed by atoms with E-state index in [4.69, 9.17) is 21.1 Å². The SMILES string of the molecule is COc1cc(/C(O)=C2/C(=O)C(=O)N(CCN(C)C)C2c2cccc(OC(C)C)c2)ccc1Cl. The molecular formula is C25H29ClN2O5. The predicted molar refractivity (Wildman–Crippen MR) is 128 cm³/mol. The van der Waals surface area contributed by atoms with Crippen molar-refractivity contribution in [3.05, 3.63) is 64.2 Å². The Hall–Kier alpha value is -3.03. The van der Waals surface area contributed by atoms with Gasteiger partial charge in [0.2, 0.25) is 0 Å². The lowest BCUT2D eigenvalue weighted by Crippen LogP contribution is -2.35. The number of Topliss-reactive ketones (excluding diaryl/α,β-unsaturated/α-hetero) is 1. The number of nitrogens with zero attached hydrogens (tertiary/aromatic N) is 2. The fourth-order valence-corrected chi connectivity index (χ4v) is 3.95. The van der Waals surface area contributed by atoms with Crippen LogP contribution >= 0.6 is 11.6 Å². The van der Waals surface area contributed by atoms with Crippen LogP contribution in [0, 0.1) is 0 Å². The van der Waals surface area contributed by atoms with Gasteiger partial charge in [0.05, 0.1) is 29.9 Å². The summed E-state index contributed by atoms with van der Waals surface area (Å²) in [4.78, 5) is 29.6. The highest BCUT2D eigenvalue weighted by atomic mass is 35.5. The second kappa shape index (κ2) is 10.3. The van der Waals surface area contributed by atoms with Crippen LogP contribution in [0.3, 0.4) is 0 Å². The van der Waals surface area contributed by atoms with Crippen molar-refractivity contribution in [1.82, 2.24) is 9.80 Å². The molecule has 3 rings (SSSR count). The first-order chi connectivity index (χ1) is 15.6. The number of aliphatic hydroxyl groups is 1. The number of ketones is 1. The minimum absolute atomic E-state index is 0.0184. The molecule has 0 aliphatic carbocycles. The van der Waals surface area contributed by atoms with Gasteiger partial charge in [0.1, 0.15) is 17.3 Å². The summed E-state index contributed by atoms with van der Waals surface area (Å²) < 4.78 is 11.1. The molecule has 1 saturated heterocycles. The van der Waals surface area contributed by atoms with Crippen LogP contribution in [-0.2, 0) is 9.59 Å². The smallest absolute Gasteiger partial charge is 0.295 e. The van der Waals surface area contributed by atoms with Crippen molar-refractivity contribution >= 4 is 29.1 Å². The second-order valence-corrected chi connectivity index (χ2v) is 8.79. The monoisotopic (exact) mass is 472 g/mol. The van der Waals surface area contributed by atoms with Crippen LogP contribution in [-0.4, -0.2) is 67.0 Å². The molecule has 1 amide bonds. The number of methoxy groups -OCH3 is 1. The van der Waals surface area contributed by atoms with Crippen molar-refractivity contribution in [2.45, 2.75) is 26.0 Å². The summed E-state index contributed by atoms with van der Waals surface area (Å²) in [6.45, 7) is 4.71. The van der Waals surface area contributed by atoms with Gasteiger partial charge in [-0.2, -0.15) is 0 Å². The van der Waals surface area contributed by atoms with E-state index in [9.17, 15) is 14.7 Å². The zero-order valence-corrected chi connectivity index (χ0v) is 20.2. The molecule has 0 radical (unpaired) electrons. The molecule has 1 atom stereocenters. The lowest BCUT2D eigenvalue weighted by Gasteiger charge is -2.27. The highest BCUT2D eigenvalue weighted by Gasteiger charge is 2.46. The van der Waals surface area contributed by atoms with Crippen LogP contribution in [0.25, 0.3) is 5.76 Å². The first kappa shape index (κ1) is 24.6.